The first-order valence-electron chi connectivity index (χ1n) is 6.75. The number of methoxy groups -OCH3 is 1. The van der Waals surface area contributed by atoms with Crippen LogP contribution < -0.4 is 10.0 Å². The predicted octanol–water partition coefficient (Wildman–Crippen LogP) is 3.65. The first kappa shape index (κ1) is 15.5. The molecule has 4 heteroatoms. The summed E-state index contributed by atoms with van der Waals surface area (Å²) in [6, 6.07) is 10.9. The lowest BCUT2D eigenvalue weighted by atomic mass is 10.0. The molecule has 0 saturated heterocycles. The first-order chi connectivity index (χ1) is 9.95. The molecule has 0 aliphatic carbocycles. The number of ether oxygens (including phenoxy) is 1. The summed E-state index contributed by atoms with van der Waals surface area (Å²) < 4.78 is 17.9. The van der Waals surface area contributed by atoms with E-state index in [-0.39, 0.29) is 5.52 Å². The molecule has 2 aromatic carbocycles. The van der Waals surface area contributed by atoms with E-state index < -0.39 is 7.80 Å². The van der Waals surface area contributed by atoms with E-state index in [0.29, 0.717) is 16.6 Å². The molecule has 0 fully saturated rings. The summed E-state index contributed by atoms with van der Waals surface area (Å²) in [6.45, 7) is 5.74. The van der Waals surface area contributed by atoms with Crippen molar-refractivity contribution < 1.29 is 14.1 Å². The van der Waals surface area contributed by atoms with Gasteiger partial charge in [0.2, 0.25) is 5.52 Å². The summed E-state index contributed by atoms with van der Waals surface area (Å²) in [7, 11) is -1.10. The molecule has 3 nitrogen and oxygen atoms in total. The minimum absolute atomic E-state index is 0.306. The summed E-state index contributed by atoms with van der Waals surface area (Å²) in [5, 5.41) is 0.481. The Morgan fingerprint density at radius 2 is 1.62 bits per heavy atom. The smallest absolute Gasteiger partial charge is 0.223 e. The largest absolute Gasteiger partial charge is 0.496 e. The molecule has 1 unspecified atom stereocenters. The Morgan fingerprint density at radius 1 is 1.05 bits per heavy atom. The lowest BCUT2D eigenvalue weighted by Gasteiger charge is -2.12. The van der Waals surface area contributed by atoms with Crippen LogP contribution in [0.3, 0.4) is 0 Å². The molecule has 2 rings (SSSR count). The van der Waals surface area contributed by atoms with Crippen LogP contribution >= 0.6 is 7.80 Å². The number of aryl methyl sites for hydroxylation is 3. The number of benzene rings is 2. The molecule has 0 aliphatic heterocycles. The molecule has 0 heterocycles. The topological polar surface area (TPSA) is 43.4 Å². The van der Waals surface area contributed by atoms with Crippen LogP contribution in [0.25, 0.3) is 0 Å². The molecule has 21 heavy (non-hydrogen) atoms. The van der Waals surface area contributed by atoms with Crippen LogP contribution in [0, 0.1) is 20.8 Å². The van der Waals surface area contributed by atoms with Crippen molar-refractivity contribution in [1.82, 2.24) is 0 Å². The third-order valence-electron chi connectivity index (χ3n) is 3.46. The van der Waals surface area contributed by atoms with E-state index in [1.807, 2.05) is 32.9 Å². The van der Waals surface area contributed by atoms with Crippen molar-refractivity contribution >= 4 is 18.6 Å². The molecule has 0 aromatic heterocycles. The Kier molecular flexibility index (Phi) is 4.64. The number of rotatable bonds is 4. The zero-order valence-corrected chi connectivity index (χ0v) is 13.7. The van der Waals surface area contributed by atoms with Gasteiger partial charge in [-0.1, -0.05) is 29.8 Å². The van der Waals surface area contributed by atoms with Crippen LogP contribution in [-0.4, -0.2) is 12.6 Å². The molecule has 1 atom stereocenters. The molecule has 0 bridgehead atoms. The van der Waals surface area contributed by atoms with E-state index in [2.05, 4.69) is 0 Å². The fourth-order valence-corrected chi connectivity index (χ4v) is 4.13. The van der Waals surface area contributed by atoms with Crippen molar-refractivity contribution in [3.8, 4) is 5.75 Å². The molecule has 0 amide bonds. The van der Waals surface area contributed by atoms with Gasteiger partial charge in [0.05, 0.1) is 12.4 Å². The quantitative estimate of drug-likeness (QED) is 0.810. The van der Waals surface area contributed by atoms with Crippen molar-refractivity contribution in [2.75, 3.05) is 7.11 Å². The van der Waals surface area contributed by atoms with E-state index in [1.165, 1.54) is 7.11 Å². The van der Waals surface area contributed by atoms with Crippen molar-refractivity contribution in [3.63, 3.8) is 0 Å². The maximum absolute atomic E-state index is 12.7. The van der Waals surface area contributed by atoms with Gasteiger partial charge in [0, 0.05) is 5.56 Å². The van der Waals surface area contributed by atoms with Gasteiger partial charge < -0.3 is 9.30 Å². The van der Waals surface area contributed by atoms with Gasteiger partial charge in [-0.05, 0) is 44.0 Å². The van der Waals surface area contributed by atoms with Crippen molar-refractivity contribution in [2.24, 2.45) is 0 Å². The minimum Gasteiger partial charge on any atom is -0.496 e. The molecule has 110 valence electrons. The maximum atomic E-state index is 12.7. The monoisotopic (exact) mass is 302 g/mol. The zero-order chi connectivity index (χ0) is 15.6. The molecular formula is C17H19O3P. The predicted molar refractivity (Wildman–Crippen MR) is 86.6 cm³/mol. The lowest BCUT2D eigenvalue weighted by Crippen LogP contribution is -2.09. The van der Waals surface area contributed by atoms with Crippen LogP contribution in [0.2, 0.25) is 0 Å². The molecule has 0 aliphatic rings. The average Bonchev–Trinajstić information content (AvgIpc) is 2.45. The van der Waals surface area contributed by atoms with Gasteiger partial charge in [0.25, 0.3) is 0 Å². The van der Waals surface area contributed by atoms with Crippen LogP contribution in [0.1, 0.15) is 27.0 Å². The number of para-hydroxylation sites is 1. The highest BCUT2D eigenvalue weighted by Crippen LogP contribution is 2.33. The number of hydrogen-bond donors (Lipinski definition) is 0. The highest BCUT2D eigenvalue weighted by atomic mass is 31.1. The molecule has 2 aromatic rings. The average molecular weight is 302 g/mol. The fraction of sp³-hybridized carbons (Fsp3) is 0.235. The van der Waals surface area contributed by atoms with Gasteiger partial charge in [-0.2, -0.15) is 0 Å². The minimum atomic E-state index is -2.61. The van der Waals surface area contributed by atoms with E-state index in [9.17, 15) is 9.36 Å². The Morgan fingerprint density at radius 3 is 2.19 bits per heavy atom. The van der Waals surface area contributed by atoms with E-state index in [4.69, 9.17) is 4.74 Å². The standard InChI is InChI=1S/C17H19O3P/c1-11-9-12(2)16(13(3)10-11)17(18)21(19)15-8-6-5-7-14(15)20-4/h5-10,21H,1-4H3. The zero-order valence-electron chi connectivity index (χ0n) is 12.7. The summed E-state index contributed by atoms with van der Waals surface area (Å²) in [5.41, 5.74) is 3.09. The van der Waals surface area contributed by atoms with E-state index >= 15 is 0 Å². The molecule has 0 spiro atoms. The second-order valence-corrected chi connectivity index (χ2v) is 6.78. The van der Waals surface area contributed by atoms with E-state index in [1.54, 1.807) is 24.3 Å². The Balaban J connectivity index is 2.48. The third kappa shape index (κ3) is 3.08. The van der Waals surface area contributed by atoms with Gasteiger partial charge in [-0.15, -0.1) is 0 Å². The van der Waals surface area contributed by atoms with E-state index in [0.717, 1.165) is 16.7 Å². The van der Waals surface area contributed by atoms with Gasteiger partial charge in [-0.3, -0.25) is 4.79 Å². The molecule has 0 radical (unpaired) electrons. The van der Waals surface area contributed by atoms with Crippen LogP contribution in [-0.2, 0) is 4.57 Å². The Hall–Kier alpha value is -1.86. The van der Waals surface area contributed by atoms with Crippen LogP contribution in [0.4, 0.5) is 0 Å². The lowest BCUT2D eigenvalue weighted by molar-refractivity contribution is 0.107. The highest BCUT2D eigenvalue weighted by Gasteiger charge is 2.22. The molecule has 0 N–H and O–H groups in total. The summed E-state index contributed by atoms with van der Waals surface area (Å²) in [6.07, 6.45) is 0. The third-order valence-corrected chi connectivity index (χ3v) is 5.03. The normalized spacial score (nSPS) is 12.0. The molecular weight excluding hydrogens is 283 g/mol. The number of hydrogen-bond acceptors (Lipinski definition) is 3. The van der Waals surface area contributed by atoms with Gasteiger partial charge >= 0.3 is 0 Å². The SMILES string of the molecule is COc1ccccc1[PH](=O)C(=O)c1c(C)cc(C)cc1C. The second-order valence-electron chi connectivity index (χ2n) is 5.13. The highest BCUT2D eigenvalue weighted by molar-refractivity contribution is 7.71. The van der Waals surface area contributed by atoms with Crippen LogP contribution in [0.5, 0.6) is 5.75 Å². The van der Waals surface area contributed by atoms with Crippen molar-refractivity contribution in [3.05, 3.63) is 58.7 Å². The number of carbonyl (C=O) groups excluding carboxylic acids is 1. The fourth-order valence-electron chi connectivity index (χ4n) is 2.61. The van der Waals surface area contributed by atoms with Crippen LogP contribution in [0.15, 0.2) is 36.4 Å². The van der Waals surface area contributed by atoms with Gasteiger partial charge in [-0.25, -0.2) is 0 Å². The van der Waals surface area contributed by atoms with Gasteiger partial charge in [0.15, 0.2) is 7.80 Å². The summed E-state index contributed by atoms with van der Waals surface area (Å²) in [5.74, 6) is 0.497. The first-order valence-corrected chi connectivity index (χ1v) is 8.16. The Bertz CT molecular complexity index is 697. The maximum Gasteiger partial charge on any atom is 0.223 e. The summed E-state index contributed by atoms with van der Waals surface area (Å²) in [4.78, 5) is 12.6. The Labute approximate surface area is 125 Å². The van der Waals surface area contributed by atoms with Gasteiger partial charge in [0.1, 0.15) is 5.75 Å². The molecule has 0 saturated carbocycles. The summed E-state index contributed by atoms with van der Waals surface area (Å²) >= 11 is 0. The second kappa shape index (κ2) is 6.28. The van der Waals surface area contributed by atoms with Crippen molar-refractivity contribution in [1.29, 1.82) is 0 Å². The number of carbonyl (C=O) groups is 1. The van der Waals surface area contributed by atoms with Crippen molar-refractivity contribution in [2.45, 2.75) is 20.8 Å².